The molecule has 0 radical (unpaired) electrons. The molecule has 0 aromatic heterocycles. The van der Waals surface area contributed by atoms with E-state index in [0.717, 1.165) is 50.0 Å². The van der Waals surface area contributed by atoms with Gasteiger partial charge in [0.25, 0.3) is 0 Å². The Kier molecular flexibility index (Phi) is 7.75. The van der Waals surface area contributed by atoms with Gasteiger partial charge in [-0.1, -0.05) is 25.5 Å². The van der Waals surface area contributed by atoms with E-state index in [9.17, 15) is 13.2 Å². The molecule has 0 heterocycles. The van der Waals surface area contributed by atoms with Crippen LogP contribution in [0.25, 0.3) is 0 Å². The molecule has 1 rings (SSSR count). The number of hydrogen-bond acceptors (Lipinski definition) is 2. The number of alkyl halides is 3. The van der Waals surface area contributed by atoms with Crippen LogP contribution in [0.4, 0.5) is 13.2 Å². The second kappa shape index (κ2) is 9.05. The van der Waals surface area contributed by atoms with Crippen molar-refractivity contribution >= 4 is 0 Å². The Balaban J connectivity index is 2.54. The highest BCUT2D eigenvalue weighted by Gasteiger charge is 2.29. The summed E-state index contributed by atoms with van der Waals surface area (Å²) in [5.41, 5.74) is 0.367. The molecule has 1 aromatic carbocycles. The summed E-state index contributed by atoms with van der Waals surface area (Å²) >= 11 is 0. The SMILES string of the molecule is CCCC(CNCCOC)Cc1ccc(C(F)(F)F)cc1. The van der Waals surface area contributed by atoms with Gasteiger partial charge in [0, 0.05) is 13.7 Å². The molecule has 0 aliphatic carbocycles. The van der Waals surface area contributed by atoms with Crippen molar-refractivity contribution in [1.82, 2.24) is 5.32 Å². The summed E-state index contributed by atoms with van der Waals surface area (Å²) in [5.74, 6) is 0.434. The highest BCUT2D eigenvalue weighted by Crippen LogP contribution is 2.29. The molecule has 1 atom stereocenters. The number of halogens is 3. The van der Waals surface area contributed by atoms with E-state index in [1.807, 2.05) is 0 Å². The maximum atomic E-state index is 12.5. The van der Waals surface area contributed by atoms with Crippen LogP contribution < -0.4 is 5.32 Å². The fourth-order valence-electron chi connectivity index (χ4n) is 2.33. The normalized spacial score (nSPS) is 13.4. The van der Waals surface area contributed by atoms with Crippen LogP contribution in [-0.2, 0) is 17.3 Å². The van der Waals surface area contributed by atoms with E-state index in [1.165, 1.54) is 0 Å². The van der Waals surface area contributed by atoms with Gasteiger partial charge in [0.1, 0.15) is 0 Å². The van der Waals surface area contributed by atoms with Crippen molar-refractivity contribution in [2.45, 2.75) is 32.4 Å². The van der Waals surface area contributed by atoms with Crippen molar-refractivity contribution < 1.29 is 17.9 Å². The molecule has 0 spiro atoms. The first-order valence-corrected chi connectivity index (χ1v) is 7.33. The monoisotopic (exact) mass is 303 g/mol. The topological polar surface area (TPSA) is 21.3 Å². The number of hydrogen-bond donors (Lipinski definition) is 1. The molecular weight excluding hydrogens is 279 g/mol. The van der Waals surface area contributed by atoms with Gasteiger partial charge in [-0.15, -0.1) is 0 Å². The third-order valence-corrected chi connectivity index (χ3v) is 3.42. The average molecular weight is 303 g/mol. The van der Waals surface area contributed by atoms with E-state index in [2.05, 4.69) is 12.2 Å². The summed E-state index contributed by atoms with van der Waals surface area (Å²) in [6.07, 6.45) is -1.34. The standard InChI is InChI=1S/C16H24F3NO/c1-3-4-14(12-20-9-10-21-2)11-13-5-7-15(8-6-13)16(17,18)19/h5-8,14,20H,3-4,9-12H2,1-2H3. The van der Waals surface area contributed by atoms with E-state index in [0.29, 0.717) is 12.5 Å². The lowest BCUT2D eigenvalue weighted by Gasteiger charge is -2.17. The van der Waals surface area contributed by atoms with E-state index < -0.39 is 11.7 Å². The van der Waals surface area contributed by atoms with Crippen molar-refractivity contribution in [3.05, 3.63) is 35.4 Å². The Morgan fingerprint density at radius 3 is 2.38 bits per heavy atom. The lowest BCUT2D eigenvalue weighted by atomic mass is 9.94. The van der Waals surface area contributed by atoms with Crippen LogP contribution >= 0.6 is 0 Å². The van der Waals surface area contributed by atoms with Gasteiger partial charge < -0.3 is 10.1 Å². The fraction of sp³-hybridized carbons (Fsp3) is 0.625. The predicted molar refractivity (Wildman–Crippen MR) is 78.3 cm³/mol. The van der Waals surface area contributed by atoms with E-state index in [1.54, 1.807) is 19.2 Å². The van der Waals surface area contributed by atoms with Crippen LogP contribution in [-0.4, -0.2) is 26.8 Å². The average Bonchev–Trinajstić information content (AvgIpc) is 2.43. The Hall–Kier alpha value is -1.07. The minimum Gasteiger partial charge on any atom is -0.383 e. The molecule has 0 amide bonds. The zero-order valence-electron chi connectivity index (χ0n) is 12.7. The molecule has 1 N–H and O–H groups in total. The lowest BCUT2D eigenvalue weighted by molar-refractivity contribution is -0.137. The fourth-order valence-corrected chi connectivity index (χ4v) is 2.33. The van der Waals surface area contributed by atoms with Gasteiger partial charge in [-0.3, -0.25) is 0 Å². The van der Waals surface area contributed by atoms with E-state index in [4.69, 9.17) is 4.74 Å². The van der Waals surface area contributed by atoms with Gasteiger partial charge in [0.05, 0.1) is 12.2 Å². The molecular formula is C16H24F3NO. The Morgan fingerprint density at radius 2 is 1.86 bits per heavy atom. The van der Waals surface area contributed by atoms with Crippen LogP contribution in [0.15, 0.2) is 24.3 Å². The zero-order chi connectivity index (χ0) is 15.7. The second-order valence-electron chi connectivity index (χ2n) is 5.25. The van der Waals surface area contributed by atoms with Crippen molar-refractivity contribution in [1.29, 1.82) is 0 Å². The highest BCUT2D eigenvalue weighted by molar-refractivity contribution is 5.24. The number of benzene rings is 1. The second-order valence-corrected chi connectivity index (χ2v) is 5.25. The molecule has 5 heteroatoms. The Bertz CT molecular complexity index is 390. The van der Waals surface area contributed by atoms with Gasteiger partial charge in [-0.25, -0.2) is 0 Å². The first kappa shape index (κ1) is 18.0. The van der Waals surface area contributed by atoms with Crippen LogP contribution in [0.2, 0.25) is 0 Å². The van der Waals surface area contributed by atoms with Crippen LogP contribution in [0.5, 0.6) is 0 Å². The maximum Gasteiger partial charge on any atom is 0.416 e. The summed E-state index contributed by atoms with van der Waals surface area (Å²) in [6.45, 7) is 4.44. The van der Waals surface area contributed by atoms with Crippen molar-refractivity contribution in [3.63, 3.8) is 0 Å². The van der Waals surface area contributed by atoms with Gasteiger partial charge >= 0.3 is 6.18 Å². The summed E-state index contributed by atoms with van der Waals surface area (Å²) in [4.78, 5) is 0. The van der Waals surface area contributed by atoms with E-state index >= 15 is 0 Å². The van der Waals surface area contributed by atoms with Crippen molar-refractivity contribution in [2.24, 2.45) is 5.92 Å². The van der Waals surface area contributed by atoms with Gasteiger partial charge in [-0.05, 0) is 43.0 Å². The molecule has 120 valence electrons. The largest absolute Gasteiger partial charge is 0.416 e. The molecule has 1 aromatic rings. The third kappa shape index (κ3) is 6.96. The number of rotatable bonds is 9. The van der Waals surface area contributed by atoms with Gasteiger partial charge in [0.15, 0.2) is 0 Å². The quantitative estimate of drug-likeness (QED) is 0.699. The predicted octanol–water partition coefficient (Wildman–Crippen LogP) is 3.90. The van der Waals surface area contributed by atoms with Crippen molar-refractivity contribution in [2.75, 3.05) is 26.8 Å². The molecule has 0 saturated carbocycles. The maximum absolute atomic E-state index is 12.5. The first-order valence-electron chi connectivity index (χ1n) is 7.33. The molecule has 0 fully saturated rings. The Morgan fingerprint density at radius 1 is 1.19 bits per heavy atom. The molecule has 0 aliphatic rings. The minimum absolute atomic E-state index is 0.434. The first-order chi connectivity index (χ1) is 9.97. The smallest absolute Gasteiger partial charge is 0.383 e. The summed E-state index contributed by atoms with van der Waals surface area (Å²) in [6, 6.07) is 5.49. The molecule has 0 bridgehead atoms. The van der Waals surface area contributed by atoms with Crippen molar-refractivity contribution in [3.8, 4) is 0 Å². The molecule has 1 unspecified atom stereocenters. The van der Waals surface area contributed by atoms with Gasteiger partial charge in [0.2, 0.25) is 0 Å². The molecule has 0 aliphatic heterocycles. The summed E-state index contributed by atoms with van der Waals surface area (Å²) in [7, 11) is 1.66. The van der Waals surface area contributed by atoms with Crippen LogP contribution in [0, 0.1) is 5.92 Å². The third-order valence-electron chi connectivity index (χ3n) is 3.42. The Labute approximate surface area is 124 Å². The van der Waals surface area contributed by atoms with Gasteiger partial charge in [-0.2, -0.15) is 13.2 Å². The number of ether oxygens (including phenoxy) is 1. The zero-order valence-corrected chi connectivity index (χ0v) is 12.7. The number of methoxy groups -OCH3 is 1. The van der Waals surface area contributed by atoms with Crippen LogP contribution in [0.3, 0.4) is 0 Å². The molecule has 0 saturated heterocycles. The highest BCUT2D eigenvalue weighted by atomic mass is 19.4. The summed E-state index contributed by atoms with van der Waals surface area (Å²) < 4.78 is 42.5. The summed E-state index contributed by atoms with van der Waals surface area (Å²) in [5, 5.41) is 3.32. The molecule has 21 heavy (non-hydrogen) atoms. The number of nitrogens with one attached hydrogen (secondary N) is 1. The van der Waals surface area contributed by atoms with Crippen LogP contribution in [0.1, 0.15) is 30.9 Å². The molecule has 2 nitrogen and oxygen atoms in total. The van der Waals surface area contributed by atoms with E-state index in [-0.39, 0.29) is 0 Å². The minimum atomic E-state index is -4.26. The lowest BCUT2D eigenvalue weighted by Crippen LogP contribution is -2.27.